The van der Waals surface area contributed by atoms with E-state index in [1.807, 2.05) is 44.2 Å². The zero-order valence-electron chi connectivity index (χ0n) is 20.5. The molecule has 35 heavy (non-hydrogen) atoms. The van der Waals surface area contributed by atoms with Crippen molar-refractivity contribution >= 4 is 23.2 Å². The van der Waals surface area contributed by atoms with Gasteiger partial charge in [-0.2, -0.15) is 0 Å². The number of nitrogens with zero attached hydrogens (tertiary/aromatic N) is 1. The van der Waals surface area contributed by atoms with Gasteiger partial charge in [-0.3, -0.25) is 9.59 Å². The highest BCUT2D eigenvalue weighted by atomic mass is 16.5. The number of ether oxygens (including phenoxy) is 1. The fourth-order valence-electron chi connectivity index (χ4n) is 4.41. The van der Waals surface area contributed by atoms with Crippen molar-refractivity contribution in [1.82, 2.24) is 5.32 Å². The molecule has 2 amide bonds. The van der Waals surface area contributed by atoms with Gasteiger partial charge in [-0.05, 0) is 67.6 Å². The summed E-state index contributed by atoms with van der Waals surface area (Å²) in [6.45, 7) is 7.25. The van der Waals surface area contributed by atoms with Crippen LogP contribution in [0.15, 0.2) is 66.7 Å². The summed E-state index contributed by atoms with van der Waals surface area (Å²) in [7, 11) is 0. The van der Waals surface area contributed by atoms with Gasteiger partial charge >= 0.3 is 0 Å². The number of carbonyl (C=O) groups is 2. The number of carbonyl (C=O) groups excluding carboxylic acids is 2. The Morgan fingerprint density at radius 1 is 0.943 bits per heavy atom. The zero-order chi connectivity index (χ0) is 24.6. The molecule has 0 radical (unpaired) electrons. The predicted octanol–water partition coefficient (Wildman–Crippen LogP) is 4.97. The van der Waals surface area contributed by atoms with Crippen LogP contribution in [0.25, 0.3) is 0 Å². The molecule has 0 atom stereocenters. The van der Waals surface area contributed by atoms with Gasteiger partial charge in [-0.15, -0.1) is 0 Å². The van der Waals surface area contributed by atoms with Gasteiger partial charge in [0.1, 0.15) is 0 Å². The van der Waals surface area contributed by atoms with Crippen LogP contribution in [0, 0.1) is 6.92 Å². The molecule has 0 bridgehead atoms. The summed E-state index contributed by atoms with van der Waals surface area (Å²) in [6, 6.07) is 21.5. The summed E-state index contributed by atoms with van der Waals surface area (Å²) >= 11 is 0. The Hall–Kier alpha value is -3.64. The lowest BCUT2D eigenvalue weighted by Crippen LogP contribution is -2.33. The highest BCUT2D eigenvalue weighted by Crippen LogP contribution is 2.30. The lowest BCUT2D eigenvalue weighted by molar-refractivity contribution is 0.0943. The van der Waals surface area contributed by atoms with Crippen LogP contribution in [0.3, 0.4) is 0 Å². The van der Waals surface area contributed by atoms with E-state index >= 15 is 0 Å². The number of benzene rings is 3. The maximum Gasteiger partial charge on any atom is 0.255 e. The first-order valence-corrected chi connectivity index (χ1v) is 12.3. The first-order valence-electron chi connectivity index (χ1n) is 12.3. The number of nitrogens with one attached hydrogen (secondary N) is 2. The largest absolute Gasteiger partial charge is 0.382 e. The molecule has 0 saturated heterocycles. The number of anilines is 2. The Balaban J connectivity index is 1.57. The van der Waals surface area contributed by atoms with E-state index in [1.54, 1.807) is 12.1 Å². The van der Waals surface area contributed by atoms with E-state index in [4.69, 9.17) is 4.74 Å². The van der Waals surface area contributed by atoms with Gasteiger partial charge in [0.25, 0.3) is 11.8 Å². The Bertz CT molecular complexity index is 1190. The monoisotopic (exact) mass is 471 g/mol. The topological polar surface area (TPSA) is 70.7 Å². The Labute approximate surface area is 207 Å². The highest BCUT2D eigenvalue weighted by molar-refractivity contribution is 6.07. The molecule has 3 aromatic carbocycles. The van der Waals surface area contributed by atoms with Crippen LogP contribution >= 0.6 is 0 Å². The predicted molar refractivity (Wildman–Crippen MR) is 140 cm³/mol. The van der Waals surface area contributed by atoms with Crippen LogP contribution < -0.4 is 15.5 Å². The van der Waals surface area contributed by atoms with Gasteiger partial charge in [0.15, 0.2) is 0 Å². The molecule has 1 heterocycles. The molecule has 6 heteroatoms. The van der Waals surface area contributed by atoms with Gasteiger partial charge in [0.05, 0.1) is 5.56 Å². The summed E-state index contributed by atoms with van der Waals surface area (Å²) < 4.78 is 5.38. The number of amides is 2. The molecule has 6 nitrogen and oxygen atoms in total. The van der Waals surface area contributed by atoms with Gasteiger partial charge in [-0.1, -0.05) is 42.5 Å². The number of hydrogen-bond acceptors (Lipinski definition) is 4. The van der Waals surface area contributed by atoms with E-state index in [-0.39, 0.29) is 11.8 Å². The van der Waals surface area contributed by atoms with Crippen LogP contribution in [0.2, 0.25) is 0 Å². The SMILES string of the molecule is CCOCCCNC(=O)c1cc(NC(=O)c2ccccc2C)ccc1N1CCc2ccccc2C1. The minimum atomic E-state index is -0.189. The van der Waals surface area contributed by atoms with Gasteiger partial charge in [-0.25, -0.2) is 0 Å². The molecule has 182 valence electrons. The van der Waals surface area contributed by atoms with Crippen LogP contribution in [0.4, 0.5) is 11.4 Å². The number of hydrogen-bond donors (Lipinski definition) is 2. The maximum atomic E-state index is 13.3. The molecule has 0 saturated carbocycles. The van der Waals surface area contributed by atoms with Crippen LogP contribution in [0.5, 0.6) is 0 Å². The Morgan fingerprint density at radius 3 is 2.51 bits per heavy atom. The molecule has 3 aromatic rings. The summed E-state index contributed by atoms with van der Waals surface area (Å²) in [5.74, 6) is -0.340. The highest BCUT2D eigenvalue weighted by Gasteiger charge is 2.22. The Morgan fingerprint density at radius 2 is 1.71 bits per heavy atom. The van der Waals surface area contributed by atoms with E-state index in [1.165, 1.54) is 11.1 Å². The van der Waals surface area contributed by atoms with Crippen molar-refractivity contribution in [1.29, 1.82) is 0 Å². The van der Waals surface area contributed by atoms with Crippen molar-refractivity contribution in [3.63, 3.8) is 0 Å². The van der Waals surface area contributed by atoms with E-state index < -0.39 is 0 Å². The number of fused-ring (bicyclic) bond motifs is 1. The van der Waals surface area contributed by atoms with Gasteiger partial charge in [0.2, 0.25) is 0 Å². The third kappa shape index (κ3) is 6.08. The normalized spacial score (nSPS) is 12.7. The second-order valence-corrected chi connectivity index (χ2v) is 8.75. The van der Waals surface area contributed by atoms with E-state index in [0.717, 1.165) is 37.2 Å². The third-order valence-corrected chi connectivity index (χ3v) is 6.32. The maximum absolute atomic E-state index is 13.3. The fourth-order valence-corrected chi connectivity index (χ4v) is 4.41. The third-order valence-electron chi connectivity index (χ3n) is 6.32. The molecular formula is C29H33N3O3. The van der Waals surface area contributed by atoms with E-state index in [2.05, 4.69) is 39.8 Å². The number of rotatable bonds is 9. The first kappa shape index (κ1) is 24.5. The second-order valence-electron chi connectivity index (χ2n) is 8.75. The quantitative estimate of drug-likeness (QED) is 0.433. The van der Waals surface area contributed by atoms with E-state index in [0.29, 0.717) is 36.6 Å². The summed E-state index contributed by atoms with van der Waals surface area (Å²) in [5.41, 5.74) is 6.18. The number of aryl methyl sites for hydroxylation is 1. The zero-order valence-corrected chi connectivity index (χ0v) is 20.5. The summed E-state index contributed by atoms with van der Waals surface area (Å²) in [5, 5.41) is 5.99. The molecule has 0 spiro atoms. The average Bonchev–Trinajstić information content (AvgIpc) is 2.88. The fraction of sp³-hybridized carbons (Fsp3) is 0.310. The van der Waals surface area contributed by atoms with E-state index in [9.17, 15) is 9.59 Å². The van der Waals surface area contributed by atoms with Crippen molar-refractivity contribution in [2.24, 2.45) is 0 Å². The molecular weight excluding hydrogens is 438 g/mol. The van der Waals surface area contributed by atoms with Crippen molar-refractivity contribution in [3.05, 3.63) is 94.5 Å². The molecule has 2 N–H and O–H groups in total. The van der Waals surface area contributed by atoms with Crippen molar-refractivity contribution < 1.29 is 14.3 Å². The Kier molecular flexibility index (Phi) is 8.16. The van der Waals surface area contributed by atoms with Crippen molar-refractivity contribution in [2.45, 2.75) is 33.2 Å². The summed E-state index contributed by atoms with van der Waals surface area (Å²) in [4.78, 5) is 28.4. The smallest absolute Gasteiger partial charge is 0.255 e. The lowest BCUT2D eigenvalue weighted by atomic mass is 9.98. The molecule has 0 aromatic heterocycles. The first-order chi connectivity index (χ1) is 17.1. The molecule has 1 aliphatic rings. The molecule has 4 rings (SSSR count). The second kappa shape index (κ2) is 11.7. The standard InChI is InChI=1S/C29H33N3O3/c1-3-35-18-8-16-30-28(33)26-19-24(31-29(34)25-12-7-4-9-21(25)2)13-14-27(26)32-17-15-22-10-5-6-11-23(22)20-32/h4-7,9-14,19H,3,8,15-18,20H2,1-2H3,(H,30,33)(H,31,34). The van der Waals surface area contributed by atoms with Crippen LogP contribution in [-0.2, 0) is 17.7 Å². The van der Waals surface area contributed by atoms with Gasteiger partial charge < -0.3 is 20.3 Å². The lowest BCUT2D eigenvalue weighted by Gasteiger charge is -2.32. The minimum Gasteiger partial charge on any atom is -0.382 e. The average molecular weight is 472 g/mol. The van der Waals surface area contributed by atoms with Crippen LogP contribution in [0.1, 0.15) is 50.8 Å². The van der Waals surface area contributed by atoms with Crippen LogP contribution in [-0.4, -0.2) is 38.1 Å². The molecule has 0 aliphatic carbocycles. The minimum absolute atomic E-state index is 0.151. The summed E-state index contributed by atoms with van der Waals surface area (Å²) in [6.07, 6.45) is 1.67. The molecule has 0 unspecified atom stereocenters. The molecule has 0 fully saturated rings. The van der Waals surface area contributed by atoms with Crippen molar-refractivity contribution in [2.75, 3.05) is 36.5 Å². The van der Waals surface area contributed by atoms with Crippen molar-refractivity contribution in [3.8, 4) is 0 Å². The molecule has 1 aliphatic heterocycles. The van der Waals surface area contributed by atoms with Gasteiger partial charge in [0, 0.05) is 49.8 Å².